The van der Waals surface area contributed by atoms with Gasteiger partial charge in [-0.3, -0.25) is 0 Å². The molecule has 1 aliphatic heterocycles. The van der Waals surface area contributed by atoms with Gasteiger partial charge in [-0.05, 0) is 42.0 Å². The molecule has 2 rings (SSSR count). The van der Waals surface area contributed by atoms with Gasteiger partial charge in [-0.2, -0.15) is 0 Å². The average molecular weight is 210 g/mol. The predicted octanol–water partition coefficient (Wildman–Crippen LogP) is 3.72. The lowest BCUT2D eigenvalue weighted by atomic mass is 9.88. The Balaban J connectivity index is 2.30. The SMILES string of the molecule is CC1(C)CCc2cc(Cl)ccc2NC1. The highest BCUT2D eigenvalue weighted by atomic mass is 35.5. The maximum Gasteiger partial charge on any atom is 0.0410 e. The standard InChI is InChI=1S/C12H16ClN/c1-12(2)6-5-9-7-10(13)3-4-11(9)14-8-12/h3-4,7,14H,5-6,8H2,1-2H3. The lowest BCUT2D eigenvalue weighted by molar-refractivity contribution is 0.365. The van der Waals surface area contributed by atoms with E-state index in [2.05, 4.69) is 31.3 Å². The van der Waals surface area contributed by atoms with Crippen molar-refractivity contribution in [3.63, 3.8) is 0 Å². The molecule has 0 fully saturated rings. The zero-order chi connectivity index (χ0) is 10.2. The minimum Gasteiger partial charge on any atom is -0.384 e. The van der Waals surface area contributed by atoms with Gasteiger partial charge < -0.3 is 5.32 Å². The first kappa shape index (κ1) is 9.85. The summed E-state index contributed by atoms with van der Waals surface area (Å²) in [6.07, 6.45) is 2.34. The van der Waals surface area contributed by atoms with E-state index in [0.717, 1.165) is 18.0 Å². The van der Waals surface area contributed by atoms with Crippen LogP contribution in [0.3, 0.4) is 0 Å². The smallest absolute Gasteiger partial charge is 0.0410 e. The van der Waals surface area contributed by atoms with Gasteiger partial charge >= 0.3 is 0 Å². The van der Waals surface area contributed by atoms with Gasteiger partial charge in [0.15, 0.2) is 0 Å². The van der Waals surface area contributed by atoms with E-state index in [0.29, 0.717) is 5.41 Å². The van der Waals surface area contributed by atoms with Crippen LogP contribution in [0.25, 0.3) is 0 Å². The molecule has 1 N–H and O–H groups in total. The Kier molecular flexibility index (Phi) is 2.44. The van der Waals surface area contributed by atoms with Crippen molar-refractivity contribution in [1.29, 1.82) is 0 Å². The minimum absolute atomic E-state index is 0.380. The summed E-state index contributed by atoms with van der Waals surface area (Å²) in [6.45, 7) is 5.64. The maximum absolute atomic E-state index is 5.97. The Bertz CT molecular complexity index is 344. The number of hydrogen-bond acceptors (Lipinski definition) is 1. The number of anilines is 1. The fourth-order valence-electron chi connectivity index (χ4n) is 1.84. The first-order valence-corrected chi connectivity index (χ1v) is 5.47. The molecule has 0 saturated heterocycles. The Morgan fingerprint density at radius 1 is 1.36 bits per heavy atom. The summed E-state index contributed by atoms with van der Waals surface area (Å²) in [6, 6.07) is 6.11. The highest BCUT2D eigenvalue weighted by Crippen LogP contribution is 2.31. The Labute approximate surface area is 90.5 Å². The van der Waals surface area contributed by atoms with Crippen LogP contribution in [0.4, 0.5) is 5.69 Å². The second-order valence-electron chi connectivity index (χ2n) is 4.82. The molecule has 0 unspecified atom stereocenters. The van der Waals surface area contributed by atoms with Crippen LogP contribution in [0.15, 0.2) is 18.2 Å². The lowest BCUT2D eigenvalue weighted by Gasteiger charge is -2.21. The molecule has 0 amide bonds. The number of hydrogen-bond donors (Lipinski definition) is 1. The Hall–Kier alpha value is -0.690. The fourth-order valence-corrected chi connectivity index (χ4v) is 2.03. The van der Waals surface area contributed by atoms with Crippen molar-refractivity contribution >= 4 is 17.3 Å². The van der Waals surface area contributed by atoms with Gasteiger partial charge in [0, 0.05) is 17.3 Å². The summed E-state index contributed by atoms with van der Waals surface area (Å²) in [5, 5.41) is 4.32. The summed E-state index contributed by atoms with van der Waals surface area (Å²) < 4.78 is 0. The van der Waals surface area contributed by atoms with Gasteiger partial charge in [0.25, 0.3) is 0 Å². The molecule has 1 heterocycles. The van der Waals surface area contributed by atoms with E-state index < -0.39 is 0 Å². The van der Waals surface area contributed by atoms with Gasteiger partial charge in [-0.15, -0.1) is 0 Å². The molecule has 76 valence electrons. The van der Waals surface area contributed by atoms with E-state index in [9.17, 15) is 0 Å². The number of aryl methyl sites for hydroxylation is 1. The van der Waals surface area contributed by atoms with Gasteiger partial charge in [-0.25, -0.2) is 0 Å². The molecule has 0 spiro atoms. The topological polar surface area (TPSA) is 12.0 Å². The molecule has 0 aliphatic carbocycles. The summed E-state index contributed by atoms with van der Waals surface area (Å²) in [5.74, 6) is 0. The second kappa shape index (κ2) is 3.47. The zero-order valence-corrected chi connectivity index (χ0v) is 9.49. The van der Waals surface area contributed by atoms with E-state index in [4.69, 9.17) is 11.6 Å². The van der Waals surface area contributed by atoms with Crippen molar-refractivity contribution < 1.29 is 0 Å². The molecule has 1 nitrogen and oxygen atoms in total. The van der Waals surface area contributed by atoms with Crippen molar-refractivity contribution in [2.24, 2.45) is 5.41 Å². The van der Waals surface area contributed by atoms with E-state index in [1.54, 1.807) is 0 Å². The van der Waals surface area contributed by atoms with Crippen LogP contribution in [-0.4, -0.2) is 6.54 Å². The summed E-state index contributed by atoms with van der Waals surface area (Å²) in [7, 11) is 0. The van der Waals surface area contributed by atoms with Crippen LogP contribution in [0.5, 0.6) is 0 Å². The number of fused-ring (bicyclic) bond motifs is 1. The third-order valence-electron chi connectivity index (χ3n) is 2.90. The molecule has 0 radical (unpaired) electrons. The van der Waals surface area contributed by atoms with Crippen LogP contribution in [-0.2, 0) is 6.42 Å². The van der Waals surface area contributed by atoms with E-state index in [1.165, 1.54) is 17.7 Å². The third kappa shape index (κ3) is 2.03. The van der Waals surface area contributed by atoms with Gasteiger partial charge in [0.1, 0.15) is 0 Å². The minimum atomic E-state index is 0.380. The molecule has 1 aliphatic rings. The van der Waals surface area contributed by atoms with Gasteiger partial charge in [-0.1, -0.05) is 25.4 Å². The molecule has 1 aromatic carbocycles. The quantitative estimate of drug-likeness (QED) is 0.687. The van der Waals surface area contributed by atoms with Crippen molar-refractivity contribution in [3.8, 4) is 0 Å². The molecule has 0 aromatic heterocycles. The number of halogens is 1. The first-order chi connectivity index (χ1) is 6.57. The van der Waals surface area contributed by atoms with Gasteiger partial charge in [0.2, 0.25) is 0 Å². The normalized spacial score (nSPS) is 19.4. The Morgan fingerprint density at radius 2 is 2.14 bits per heavy atom. The molecule has 14 heavy (non-hydrogen) atoms. The first-order valence-electron chi connectivity index (χ1n) is 5.09. The summed E-state index contributed by atoms with van der Waals surface area (Å²) in [4.78, 5) is 0. The highest BCUT2D eigenvalue weighted by molar-refractivity contribution is 6.30. The molecular formula is C12H16ClN. The number of benzene rings is 1. The van der Waals surface area contributed by atoms with Gasteiger partial charge in [0.05, 0.1) is 0 Å². The second-order valence-corrected chi connectivity index (χ2v) is 5.26. The zero-order valence-electron chi connectivity index (χ0n) is 8.73. The van der Waals surface area contributed by atoms with Crippen molar-refractivity contribution in [1.82, 2.24) is 0 Å². The maximum atomic E-state index is 5.97. The number of nitrogens with one attached hydrogen (secondary N) is 1. The van der Waals surface area contributed by atoms with Crippen molar-refractivity contribution in [2.75, 3.05) is 11.9 Å². The molecule has 0 atom stereocenters. The largest absolute Gasteiger partial charge is 0.384 e. The van der Waals surface area contributed by atoms with Crippen LogP contribution in [0.2, 0.25) is 5.02 Å². The average Bonchev–Trinajstić information content (AvgIpc) is 2.26. The molecule has 2 heteroatoms. The fraction of sp³-hybridized carbons (Fsp3) is 0.500. The summed E-state index contributed by atoms with van der Waals surface area (Å²) >= 11 is 5.97. The molecule has 0 bridgehead atoms. The molecule has 0 saturated carbocycles. The molecule has 1 aromatic rings. The van der Waals surface area contributed by atoms with Crippen molar-refractivity contribution in [2.45, 2.75) is 26.7 Å². The van der Waals surface area contributed by atoms with E-state index in [-0.39, 0.29) is 0 Å². The predicted molar refractivity (Wildman–Crippen MR) is 62.0 cm³/mol. The van der Waals surface area contributed by atoms with Crippen LogP contribution >= 0.6 is 11.6 Å². The molecular weight excluding hydrogens is 194 g/mol. The number of rotatable bonds is 0. The van der Waals surface area contributed by atoms with Crippen LogP contribution < -0.4 is 5.32 Å². The highest BCUT2D eigenvalue weighted by Gasteiger charge is 2.21. The van der Waals surface area contributed by atoms with E-state index in [1.807, 2.05) is 6.07 Å². The van der Waals surface area contributed by atoms with Crippen LogP contribution in [0, 0.1) is 5.41 Å². The van der Waals surface area contributed by atoms with Crippen LogP contribution in [0.1, 0.15) is 25.8 Å². The van der Waals surface area contributed by atoms with E-state index >= 15 is 0 Å². The monoisotopic (exact) mass is 209 g/mol. The summed E-state index contributed by atoms with van der Waals surface area (Å²) in [5.41, 5.74) is 2.98. The lowest BCUT2D eigenvalue weighted by Crippen LogP contribution is -2.21. The van der Waals surface area contributed by atoms with Crippen molar-refractivity contribution in [3.05, 3.63) is 28.8 Å². The Morgan fingerprint density at radius 3 is 2.93 bits per heavy atom. The third-order valence-corrected chi connectivity index (χ3v) is 3.13.